The molecule has 1 N–H and O–H groups in total. The third-order valence-electron chi connectivity index (χ3n) is 7.73. The van der Waals surface area contributed by atoms with Crippen molar-refractivity contribution >= 4 is 22.5 Å². The summed E-state index contributed by atoms with van der Waals surface area (Å²) < 4.78 is 19.2. The second kappa shape index (κ2) is 8.30. The number of benzene rings is 2. The van der Waals surface area contributed by atoms with Gasteiger partial charge in [0.25, 0.3) is 0 Å². The maximum absolute atomic E-state index is 13.4. The van der Waals surface area contributed by atoms with E-state index >= 15 is 0 Å². The quantitative estimate of drug-likeness (QED) is 0.510. The summed E-state index contributed by atoms with van der Waals surface area (Å²) in [5.41, 5.74) is 3.91. The number of carbonyl (C=O) groups is 1. The van der Waals surface area contributed by atoms with Crippen molar-refractivity contribution in [2.45, 2.75) is 63.8 Å². The van der Waals surface area contributed by atoms with E-state index in [4.69, 9.17) is 14.2 Å². The lowest BCUT2D eigenvalue weighted by molar-refractivity contribution is -0.118. The second-order valence-corrected chi connectivity index (χ2v) is 11.4. The van der Waals surface area contributed by atoms with E-state index in [1.165, 1.54) is 17.6 Å². The standard InChI is InChI=1S/C29H34N2O4/c1-28(2,3)26-14-20-13-22(7-8-23(20)31(26)16-19-5-4-12-33-17-19)30-27(32)29(10-11-29)21-6-9-24-25(15-21)35-18-34-24/h6-9,13-15,19H,4-5,10-12,16-18H2,1-3H3,(H,30,32). The van der Waals surface area contributed by atoms with Gasteiger partial charge in [-0.2, -0.15) is 0 Å². The number of hydrogen-bond acceptors (Lipinski definition) is 4. The minimum Gasteiger partial charge on any atom is -0.454 e. The summed E-state index contributed by atoms with van der Waals surface area (Å²) in [6.07, 6.45) is 4.03. The minimum absolute atomic E-state index is 0.0232. The van der Waals surface area contributed by atoms with E-state index in [2.05, 4.69) is 48.9 Å². The highest BCUT2D eigenvalue weighted by molar-refractivity contribution is 6.02. The molecule has 2 aromatic carbocycles. The molecule has 1 amide bonds. The van der Waals surface area contributed by atoms with E-state index in [1.54, 1.807) is 0 Å². The molecule has 6 rings (SSSR count). The SMILES string of the molecule is CC(C)(C)c1cc2cc(NC(=O)C3(c4ccc5c(c4)OCO5)CC3)ccc2n1CC1CCCOC1. The fraction of sp³-hybridized carbons (Fsp3) is 0.483. The largest absolute Gasteiger partial charge is 0.454 e. The van der Waals surface area contributed by atoms with Gasteiger partial charge in [-0.1, -0.05) is 26.8 Å². The van der Waals surface area contributed by atoms with Crippen LogP contribution in [0.5, 0.6) is 11.5 Å². The molecule has 0 radical (unpaired) electrons. The maximum Gasteiger partial charge on any atom is 0.235 e. The normalized spacial score (nSPS) is 20.7. The Bertz CT molecular complexity index is 1280. The van der Waals surface area contributed by atoms with Crippen LogP contribution in [0.3, 0.4) is 0 Å². The maximum atomic E-state index is 13.4. The number of hydrogen-bond donors (Lipinski definition) is 1. The number of nitrogens with one attached hydrogen (secondary N) is 1. The summed E-state index contributed by atoms with van der Waals surface area (Å²) in [7, 11) is 0. The van der Waals surface area contributed by atoms with Gasteiger partial charge in [0.05, 0.1) is 12.0 Å². The monoisotopic (exact) mass is 474 g/mol. The van der Waals surface area contributed by atoms with Crippen molar-refractivity contribution in [2.75, 3.05) is 25.3 Å². The van der Waals surface area contributed by atoms with E-state index < -0.39 is 5.41 Å². The Kier molecular flexibility index (Phi) is 5.33. The number of fused-ring (bicyclic) bond motifs is 2. The molecule has 1 saturated carbocycles. The molecule has 3 aromatic rings. The number of anilines is 1. The molecule has 0 bridgehead atoms. The number of aromatic nitrogens is 1. The van der Waals surface area contributed by atoms with Crippen molar-refractivity contribution in [3.8, 4) is 11.5 Å². The lowest BCUT2D eigenvalue weighted by Gasteiger charge is -2.27. The van der Waals surface area contributed by atoms with E-state index in [0.717, 1.165) is 67.2 Å². The molecular weight excluding hydrogens is 440 g/mol. The third kappa shape index (κ3) is 4.08. The lowest BCUT2D eigenvalue weighted by atomic mass is 9.91. The molecule has 1 aromatic heterocycles. The average Bonchev–Trinajstić information content (AvgIpc) is 3.38. The van der Waals surface area contributed by atoms with Crippen LogP contribution in [-0.4, -0.2) is 30.5 Å². The fourth-order valence-electron chi connectivity index (χ4n) is 5.59. The summed E-state index contributed by atoms with van der Waals surface area (Å²) in [4.78, 5) is 13.4. The zero-order chi connectivity index (χ0) is 24.2. The molecule has 1 unspecified atom stereocenters. The molecule has 35 heavy (non-hydrogen) atoms. The van der Waals surface area contributed by atoms with Crippen molar-refractivity contribution < 1.29 is 19.0 Å². The molecule has 184 valence electrons. The zero-order valence-corrected chi connectivity index (χ0v) is 20.9. The molecule has 1 saturated heterocycles. The first-order valence-corrected chi connectivity index (χ1v) is 12.8. The van der Waals surface area contributed by atoms with Crippen molar-refractivity contribution in [2.24, 2.45) is 5.92 Å². The van der Waals surface area contributed by atoms with Crippen LogP contribution in [0.2, 0.25) is 0 Å². The molecule has 2 fully saturated rings. The lowest BCUT2D eigenvalue weighted by Crippen LogP contribution is -2.27. The smallest absolute Gasteiger partial charge is 0.235 e. The molecular formula is C29H34N2O4. The van der Waals surface area contributed by atoms with Gasteiger partial charge in [0.2, 0.25) is 12.7 Å². The number of ether oxygens (including phenoxy) is 3. The molecule has 2 aliphatic heterocycles. The number of nitrogens with zero attached hydrogens (tertiary/aromatic N) is 1. The summed E-state index contributed by atoms with van der Waals surface area (Å²) >= 11 is 0. The molecule has 0 spiro atoms. The highest BCUT2D eigenvalue weighted by atomic mass is 16.7. The van der Waals surface area contributed by atoms with E-state index in [1.807, 2.05) is 24.3 Å². The Hall–Kier alpha value is -2.99. The average molecular weight is 475 g/mol. The van der Waals surface area contributed by atoms with Gasteiger partial charge in [0, 0.05) is 46.8 Å². The summed E-state index contributed by atoms with van der Waals surface area (Å²) in [6.45, 7) is 9.71. The van der Waals surface area contributed by atoms with Gasteiger partial charge in [-0.3, -0.25) is 4.79 Å². The Balaban J connectivity index is 1.27. The Morgan fingerprint density at radius 1 is 1.09 bits per heavy atom. The highest BCUT2D eigenvalue weighted by Crippen LogP contribution is 2.51. The van der Waals surface area contributed by atoms with Gasteiger partial charge in [0.15, 0.2) is 11.5 Å². The molecule has 3 aliphatic rings. The fourth-order valence-corrected chi connectivity index (χ4v) is 5.59. The van der Waals surface area contributed by atoms with Gasteiger partial charge in [-0.05, 0) is 67.6 Å². The van der Waals surface area contributed by atoms with Crippen molar-refractivity contribution in [1.29, 1.82) is 0 Å². The highest BCUT2D eigenvalue weighted by Gasteiger charge is 2.51. The van der Waals surface area contributed by atoms with Crippen LogP contribution in [0.15, 0.2) is 42.5 Å². The van der Waals surface area contributed by atoms with Gasteiger partial charge in [0.1, 0.15) is 0 Å². The molecule has 1 aliphatic carbocycles. The first-order chi connectivity index (χ1) is 16.8. The Labute approximate surface area is 206 Å². The van der Waals surface area contributed by atoms with Crippen LogP contribution >= 0.6 is 0 Å². The molecule has 1 atom stereocenters. The van der Waals surface area contributed by atoms with Gasteiger partial charge >= 0.3 is 0 Å². The van der Waals surface area contributed by atoms with Crippen LogP contribution < -0.4 is 14.8 Å². The molecule has 6 heteroatoms. The van der Waals surface area contributed by atoms with Gasteiger partial charge in [-0.25, -0.2) is 0 Å². The predicted octanol–water partition coefficient (Wildman–Crippen LogP) is 5.76. The van der Waals surface area contributed by atoms with E-state index in [9.17, 15) is 4.79 Å². The van der Waals surface area contributed by atoms with Crippen molar-refractivity contribution in [3.63, 3.8) is 0 Å². The number of rotatable bonds is 5. The first-order valence-electron chi connectivity index (χ1n) is 12.8. The van der Waals surface area contributed by atoms with Crippen LogP contribution in [0.25, 0.3) is 10.9 Å². The number of carbonyl (C=O) groups excluding carboxylic acids is 1. The van der Waals surface area contributed by atoms with Gasteiger partial charge in [-0.15, -0.1) is 0 Å². The van der Waals surface area contributed by atoms with E-state index in [-0.39, 0.29) is 18.1 Å². The zero-order valence-electron chi connectivity index (χ0n) is 20.9. The summed E-state index contributed by atoms with van der Waals surface area (Å²) in [6, 6.07) is 14.5. The van der Waals surface area contributed by atoms with Crippen LogP contribution in [0.1, 0.15) is 57.7 Å². The summed E-state index contributed by atoms with van der Waals surface area (Å²) in [5.74, 6) is 2.05. The second-order valence-electron chi connectivity index (χ2n) is 11.4. The number of amides is 1. The van der Waals surface area contributed by atoms with Crippen molar-refractivity contribution in [1.82, 2.24) is 4.57 Å². The first kappa shape index (κ1) is 22.5. The van der Waals surface area contributed by atoms with Crippen LogP contribution in [0.4, 0.5) is 5.69 Å². The molecule has 6 nitrogen and oxygen atoms in total. The minimum atomic E-state index is -0.487. The van der Waals surface area contributed by atoms with Crippen LogP contribution in [-0.2, 0) is 26.9 Å². The molecule has 3 heterocycles. The summed E-state index contributed by atoms with van der Waals surface area (Å²) in [5, 5.41) is 4.38. The predicted molar refractivity (Wildman–Crippen MR) is 136 cm³/mol. The Morgan fingerprint density at radius 2 is 1.91 bits per heavy atom. The van der Waals surface area contributed by atoms with Crippen LogP contribution in [0, 0.1) is 5.92 Å². The Morgan fingerprint density at radius 3 is 2.66 bits per heavy atom. The van der Waals surface area contributed by atoms with Crippen molar-refractivity contribution in [3.05, 3.63) is 53.7 Å². The van der Waals surface area contributed by atoms with Gasteiger partial charge < -0.3 is 24.1 Å². The topological polar surface area (TPSA) is 61.7 Å². The third-order valence-corrected chi connectivity index (χ3v) is 7.73. The van der Waals surface area contributed by atoms with E-state index in [0.29, 0.717) is 5.92 Å².